The normalized spacial score (nSPS) is 16.2. The second-order valence-corrected chi connectivity index (χ2v) is 4.61. The van der Waals surface area contributed by atoms with Crippen LogP contribution in [0.4, 0.5) is 4.79 Å². The zero-order chi connectivity index (χ0) is 14.0. The fourth-order valence-corrected chi connectivity index (χ4v) is 1.98. The molecule has 100 valence electrons. The first-order valence-electron chi connectivity index (χ1n) is 6.03. The molecule has 0 unspecified atom stereocenters. The number of allylic oxidation sites excluding steroid dienone is 2. The molecule has 0 radical (unpaired) electrons. The predicted molar refractivity (Wildman–Crippen MR) is 74.6 cm³/mol. The Balaban J connectivity index is 2.27. The Morgan fingerprint density at radius 2 is 2.32 bits per heavy atom. The Bertz CT molecular complexity index is 580. The molecule has 1 aliphatic rings. The van der Waals surface area contributed by atoms with Crippen molar-refractivity contribution in [2.24, 2.45) is 10.7 Å². The topological polar surface area (TPSA) is 85.3 Å². The van der Waals surface area contributed by atoms with Gasteiger partial charge in [0.05, 0.1) is 17.7 Å². The predicted octanol–water partition coefficient (Wildman–Crippen LogP) is 1.61. The lowest BCUT2D eigenvalue weighted by Crippen LogP contribution is -2.26. The van der Waals surface area contributed by atoms with E-state index in [9.17, 15) is 4.79 Å². The summed E-state index contributed by atoms with van der Waals surface area (Å²) >= 11 is 0. The number of aliphatic imine (C=N–C) groups is 1. The average Bonchev–Trinajstić information content (AvgIpc) is 2.81. The van der Waals surface area contributed by atoms with E-state index < -0.39 is 6.03 Å². The number of urea groups is 1. The maximum atomic E-state index is 11.1. The van der Waals surface area contributed by atoms with E-state index in [1.54, 1.807) is 0 Å². The van der Waals surface area contributed by atoms with Crippen molar-refractivity contribution in [3.8, 4) is 0 Å². The first-order chi connectivity index (χ1) is 9.02. The molecule has 2 amide bonds. The van der Waals surface area contributed by atoms with E-state index in [1.165, 1.54) is 0 Å². The smallest absolute Gasteiger partial charge is 0.345 e. The molecule has 0 aliphatic heterocycles. The van der Waals surface area contributed by atoms with Crippen LogP contribution in [0.15, 0.2) is 28.8 Å². The van der Waals surface area contributed by atoms with E-state index in [2.05, 4.69) is 40.4 Å². The minimum atomic E-state index is -0.558. The Morgan fingerprint density at radius 3 is 2.95 bits per heavy atom. The van der Waals surface area contributed by atoms with Crippen LogP contribution in [0.5, 0.6) is 0 Å². The molecule has 0 spiro atoms. The Morgan fingerprint density at radius 1 is 1.58 bits per heavy atom. The molecule has 19 heavy (non-hydrogen) atoms. The van der Waals surface area contributed by atoms with Crippen molar-refractivity contribution in [1.29, 1.82) is 0 Å². The number of hydrogen-bond acceptors (Lipinski definition) is 3. The van der Waals surface area contributed by atoms with Crippen molar-refractivity contribution in [3.63, 3.8) is 0 Å². The summed E-state index contributed by atoms with van der Waals surface area (Å²) in [5.74, 6) is 0.290. The van der Waals surface area contributed by atoms with Crippen LogP contribution in [0.25, 0.3) is 6.08 Å². The highest BCUT2D eigenvalue weighted by Gasteiger charge is 2.17. The van der Waals surface area contributed by atoms with Gasteiger partial charge in [-0.05, 0) is 32.2 Å². The van der Waals surface area contributed by atoms with Gasteiger partial charge in [-0.3, -0.25) is 5.32 Å². The van der Waals surface area contributed by atoms with Crippen molar-refractivity contribution in [1.82, 2.24) is 14.9 Å². The number of nitrogens with zero attached hydrogens (tertiary/aromatic N) is 3. The summed E-state index contributed by atoms with van der Waals surface area (Å²) < 4.78 is 2.10. The van der Waals surface area contributed by atoms with Gasteiger partial charge >= 0.3 is 6.03 Å². The second kappa shape index (κ2) is 5.09. The Hall–Kier alpha value is -2.37. The van der Waals surface area contributed by atoms with Gasteiger partial charge in [0.1, 0.15) is 5.82 Å². The van der Waals surface area contributed by atoms with Crippen LogP contribution in [-0.4, -0.2) is 22.3 Å². The van der Waals surface area contributed by atoms with Gasteiger partial charge in [0, 0.05) is 12.5 Å². The van der Waals surface area contributed by atoms with E-state index in [-0.39, 0.29) is 0 Å². The summed E-state index contributed by atoms with van der Waals surface area (Å²) in [5.41, 5.74) is 8.68. The van der Waals surface area contributed by atoms with Crippen LogP contribution in [0.2, 0.25) is 0 Å². The van der Waals surface area contributed by atoms with Crippen LogP contribution in [-0.2, 0) is 6.42 Å². The summed E-state index contributed by atoms with van der Waals surface area (Å²) in [7, 11) is 0. The third kappa shape index (κ3) is 2.57. The number of nitrogens with two attached hydrogens (primary N) is 1. The van der Waals surface area contributed by atoms with Gasteiger partial charge in [-0.2, -0.15) is 0 Å². The molecule has 1 aromatic rings. The lowest BCUT2D eigenvalue weighted by molar-refractivity contribution is 0.251. The molecule has 0 fully saturated rings. The van der Waals surface area contributed by atoms with Gasteiger partial charge in [0.25, 0.3) is 0 Å². The zero-order valence-electron chi connectivity index (χ0n) is 11.1. The van der Waals surface area contributed by atoms with Crippen molar-refractivity contribution in [2.75, 3.05) is 0 Å². The Labute approximate surface area is 111 Å². The molecule has 1 aromatic heterocycles. The monoisotopic (exact) mass is 259 g/mol. The molecule has 0 bridgehead atoms. The largest absolute Gasteiger partial charge is 0.385 e. The van der Waals surface area contributed by atoms with Crippen LogP contribution in [0, 0.1) is 0 Å². The number of nitrogens with one attached hydrogen (secondary N) is 1. The lowest BCUT2D eigenvalue weighted by atomic mass is 10.0. The lowest BCUT2D eigenvalue weighted by Gasteiger charge is -2.15. The maximum Gasteiger partial charge on any atom is 0.345 e. The minimum Gasteiger partial charge on any atom is -0.385 e. The molecular weight excluding hydrogens is 242 g/mol. The van der Waals surface area contributed by atoms with Gasteiger partial charge in [-0.15, -0.1) is 0 Å². The van der Waals surface area contributed by atoms with Crippen molar-refractivity contribution >= 4 is 18.8 Å². The number of hydrogen-bond donors (Lipinski definition) is 2. The third-order valence-electron chi connectivity index (χ3n) is 3.00. The van der Waals surface area contributed by atoms with Crippen LogP contribution in [0.1, 0.15) is 31.3 Å². The fraction of sp³-hybridized carbons (Fsp3) is 0.308. The molecule has 0 aromatic carbocycles. The van der Waals surface area contributed by atoms with Crippen LogP contribution in [0.3, 0.4) is 0 Å². The molecule has 6 heteroatoms. The number of aromatic nitrogens is 2. The molecular formula is C13H17N5O. The quantitative estimate of drug-likeness (QED) is 0.791. The maximum absolute atomic E-state index is 11.1. The van der Waals surface area contributed by atoms with E-state index in [0.717, 1.165) is 17.0 Å². The Kier molecular flexibility index (Phi) is 3.50. The molecule has 0 saturated carbocycles. The first kappa shape index (κ1) is 13.1. The molecule has 6 nitrogen and oxygen atoms in total. The van der Waals surface area contributed by atoms with Crippen LogP contribution >= 0.6 is 0 Å². The molecule has 2 rings (SSSR count). The standard InChI is InChI=1S/C13H17N5O/c1-8(2)18-7-16-10-6-9(4-5-11(10)18)12(14)17-13(19)15-3/h4-5,7-8H,3,6,14H2,1-2H3,(H,17,19)/b12-9-. The van der Waals surface area contributed by atoms with Gasteiger partial charge in [0.15, 0.2) is 0 Å². The van der Waals surface area contributed by atoms with E-state index in [4.69, 9.17) is 5.73 Å². The highest BCUT2D eigenvalue weighted by molar-refractivity contribution is 5.80. The van der Waals surface area contributed by atoms with Crippen molar-refractivity contribution in [2.45, 2.75) is 26.3 Å². The second-order valence-electron chi connectivity index (χ2n) is 4.61. The summed E-state index contributed by atoms with van der Waals surface area (Å²) in [4.78, 5) is 18.7. The summed E-state index contributed by atoms with van der Waals surface area (Å²) in [5, 5.41) is 2.46. The fourth-order valence-electron chi connectivity index (χ4n) is 1.98. The average molecular weight is 259 g/mol. The van der Waals surface area contributed by atoms with Gasteiger partial charge in [0.2, 0.25) is 0 Å². The third-order valence-corrected chi connectivity index (χ3v) is 3.00. The van der Waals surface area contributed by atoms with E-state index in [0.29, 0.717) is 18.3 Å². The highest BCUT2D eigenvalue weighted by Crippen LogP contribution is 2.24. The van der Waals surface area contributed by atoms with Crippen LogP contribution < -0.4 is 11.1 Å². The number of rotatable bonds is 2. The van der Waals surface area contributed by atoms with Gasteiger partial charge < -0.3 is 10.3 Å². The summed E-state index contributed by atoms with van der Waals surface area (Å²) in [6.07, 6.45) is 6.26. The van der Waals surface area contributed by atoms with Gasteiger partial charge in [-0.1, -0.05) is 6.08 Å². The number of carbonyl (C=O) groups is 1. The van der Waals surface area contributed by atoms with Crippen molar-refractivity contribution < 1.29 is 4.79 Å². The van der Waals surface area contributed by atoms with Crippen molar-refractivity contribution in [3.05, 3.63) is 35.2 Å². The number of carbonyl (C=O) groups excluding carboxylic acids is 1. The summed E-state index contributed by atoms with van der Waals surface area (Å²) in [6, 6.07) is -0.203. The highest BCUT2D eigenvalue weighted by atomic mass is 16.2. The molecule has 1 heterocycles. The first-order valence-corrected chi connectivity index (χ1v) is 6.03. The molecule has 3 N–H and O–H groups in total. The SMILES string of the molecule is C=NC(=O)N/C(N)=C1/C=Cc2c(ncn2C(C)C)C1. The molecule has 0 atom stereocenters. The molecule has 0 saturated heterocycles. The number of amides is 2. The van der Waals surface area contributed by atoms with E-state index >= 15 is 0 Å². The number of imidazole rings is 1. The number of fused-ring (bicyclic) bond motifs is 1. The molecule has 1 aliphatic carbocycles. The minimum absolute atomic E-state index is 0.290. The van der Waals surface area contributed by atoms with Gasteiger partial charge in [-0.25, -0.2) is 14.8 Å². The zero-order valence-corrected chi connectivity index (χ0v) is 11.1. The van der Waals surface area contributed by atoms with E-state index in [1.807, 2.05) is 18.5 Å². The summed E-state index contributed by atoms with van der Waals surface area (Å²) in [6.45, 7) is 7.35.